The highest BCUT2D eigenvalue weighted by Gasteiger charge is 2.39. The minimum atomic E-state index is -0.131. The molecular formula is C21H27NO2. The average molecular weight is 325 g/mol. The van der Waals surface area contributed by atoms with E-state index in [2.05, 4.69) is 13.2 Å². The molecule has 1 heterocycles. The van der Waals surface area contributed by atoms with E-state index in [1.807, 2.05) is 24.3 Å². The van der Waals surface area contributed by atoms with Crippen LogP contribution in [0, 0.1) is 0 Å². The zero-order valence-electron chi connectivity index (χ0n) is 14.4. The van der Waals surface area contributed by atoms with Gasteiger partial charge in [0.25, 0.3) is 11.8 Å². The van der Waals surface area contributed by atoms with Gasteiger partial charge in [0.05, 0.1) is 11.1 Å². The second-order valence-electron chi connectivity index (χ2n) is 6.33. The molecule has 3 nitrogen and oxygen atoms in total. The molecule has 2 rings (SSSR count). The molecule has 0 fully saturated rings. The highest BCUT2D eigenvalue weighted by Crippen LogP contribution is 2.28. The van der Waals surface area contributed by atoms with Crippen LogP contribution in [0.5, 0.6) is 0 Å². The van der Waals surface area contributed by atoms with Crippen molar-refractivity contribution in [2.24, 2.45) is 0 Å². The van der Waals surface area contributed by atoms with Crippen LogP contribution in [0.4, 0.5) is 0 Å². The van der Waals surface area contributed by atoms with Gasteiger partial charge in [0.2, 0.25) is 0 Å². The molecule has 0 N–H and O–H groups in total. The molecule has 1 aromatic rings. The number of unbranched alkanes of at least 4 members (excludes halogenated alkanes) is 4. The molecule has 128 valence electrons. The van der Waals surface area contributed by atoms with Crippen LogP contribution in [0.2, 0.25) is 0 Å². The highest BCUT2D eigenvalue weighted by molar-refractivity contribution is 6.21. The number of hydrogen-bond donors (Lipinski definition) is 0. The molecule has 0 aromatic heterocycles. The molecule has 1 aliphatic rings. The van der Waals surface area contributed by atoms with Gasteiger partial charge in [-0.15, -0.1) is 13.2 Å². The van der Waals surface area contributed by atoms with E-state index in [0.29, 0.717) is 11.1 Å². The molecule has 0 unspecified atom stereocenters. The number of carbonyl (C=O) groups is 2. The number of carbonyl (C=O) groups excluding carboxylic acids is 2. The molecule has 1 aliphatic heterocycles. The standard InChI is InChI=1S/C21H27NO2/c1-3-5-7-9-13-17(14-10-8-6-4-2)22-20(23)18-15-11-12-16-19(18)21(22)24/h3-4,11-12,15-17H,1-2,5-10,13-14H2. The van der Waals surface area contributed by atoms with Gasteiger partial charge in [0, 0.05) is 6.04 Å². The van der Waals surface area contributed by atoms with Crippen molar-refractivity contribution >= 4 is 11.8 Å². The predicted octanol–water partition coefficient (Wildman–Crippen LogP) is 5.14. The Morgan fingerprint density at radius 1 is 0.833 bits per heavy atom. The SMILES string of the molecule is C=CCCCCC(CCCCC=C)N1C(=O)c2ccccc2C1=O. The van der Waals surface area contributed by atoms with Crippen molar-refractivity contribution in [1.29, 1.82) is 0 Å². The second kappa shape index (κ2) is 9.21. The quantitative estimate of drug-likeness (QED) is 0.321. The predicted molar refractivity (Wildman–Crippen MR) is 98.1 cm³/mol. The van der Waals surface area contributed by atoms with Gasteiger partial charge >= 0.3 is 0 Å². The van der Waals surface area contributed by atoms with Crippen LogP contribution < -0.4 is 0 Å². The van der Waals surface area contributed by atoms with Gasteiger partial charge in [-0.3, -0.25) is 14.5 Å². The maximum Gasteiger partial charge on any atom is 0.261 e. The lowest BCUT2D eigenvalue weighted by molar-refractivity contribution is 0.0563. The Morgan fingerprint density at radius 3 is 1.71 bits per heavy atom. The van der Waals surface area contributed by atoms with Crippen LogP contribution >= 0.6 is 0 Å². The first-order chi connectivity index (χ1) is 11.7. The van der Waals surface area contributed by atoms with Crippen LogP contribution in [0.1, 0.15) is 72.1 Å². The summed E-state index contributed by atoms with van der Waals surface area (Å²) in [5.74, 6) is -0.263. The zero-order chi connectivity index (χ0) is 17.4. The van der Waals surface area contributed by atoms with E-state index in [0.717, 1.165) is 51.4 Å². The maximum absolute atomic E-state index is 12.7. The van der Waals surface area contributed by atoms with Gasteiger partial charge in [0.15, 0.2) is 0 Å². The van der Waals surface area contributed by atoms with Crippen molar-refractivity contribution < 1.29 is 9.59 Å². The molecule has 0 saturated carbocycles. The fourth-order valence-corrected chi connectivity index (χ4v) is 3.28. The average Bonchev–Trinajstić information content (AvgIpc) is 2.85. The van der Waals surface area contributed by atoms with Gasteiger partial charge < -0.3 is 0 Å². The van der Waals surface area contributed by atoms with E-state index in [-0.39, 0.29) is 17.9 Å². The monoisotopic (exact) mass is 325 g/mol. The smallest absolute Gasteiger partial charge is 0.261 e. The van der Waals surface area contributed by atoms with Crippen LogP contribution in [0.15, 0.2) is 49.6 Å². The van der Waals surface area contributed by atoms with E-state index in [1.165, 1.54) is 4.90 Å². The minimum absolute atomic E-state index is 0.00738. The lowest BCUT2D eigenvalue weighted by atomic mass is 10.00. The number of benzene rings is 1. The highest BCUT2D eigenvalue weighted by atomic mass is 16.2. The summed E-state index contributed by atoms with van der Waals surface area (Å²) in [7, 11) is 0. The third-order valence-electron chi connectivity index (χ3n) is 4.58. The summed E-state index contributed by atoms with van der Waals surface area (Å²) in [6.07, 6.45) is 11.6. The van der Waals surface area contributed by atoms with Gasteiger partial charge in [-0.1, -0.05) is 37.1 Å². The molecule has 3 heteroatoms. The summed E-state index contributed by atoms with van der Waals surface area (Å²) in [5.41, 5.74) is 1.09. The van der Waals surface area contributed by atoms with Gasteiger partial charge in [-0.2, -0.15) is 0 Å². The Labute approximate surface area is 145 Å². The van der Waals surface area contributed by atoms with Gasteiger partial charge in [-0.25, -0.2) is 0 Å². The summed E-state index contributed by atoms with van der Waals surface area (Å²) in [4.78, 5) is 26.9. The summed E-state index contributed by atoms with van der Waals surface area (Å²) in [6, 6.07) is 7.13. The summed E-state index contributed by atoms with van der Waals surface area (Å²) < 4.78 is 0. The van der Waals surface area contributed by atoms with E-state index in [1.54, 1.807) is 12.1 Å². The number of imide groups is 1. The van der Waals surface area contributed by atoms with Crippen molar-refractivity contribution in [2.45, 2.75) is 57.4 Å². The van der Waals surface area contributed by atoms with Crippen molar-refractivity contribution in [3.63, 3.8) is 0 Å². The normalized spacial score (nSPS) is 13.5. The largest absolute Gasteiger partial charge is 0.271 e. The first-order valence-corrected chi connectivity index (χ1v) is 8.89. The van der Waals surface area contributed by atoms with E-state index >= 15 is 0 Å². The van der Waals surface area contributed by atoms with Gasteiger partial charge in [-0.05, 0) is 50.7 Å². The number of allylic oxidation sites excluding steroid dienone is 2. The third kappa shape index (κ3) is 4.22. The maximum atomic E-state index is 12.7. The Bertz CT molecular complexity index is 555. The number of hydrogen-bond acceptors (Lipinski definition) is 2. The fraction of sp³-hybridized carbons (Fsp3) is 0.429. The topological polar surface area (TPSA) is 37.4 Å². The van der Waals surface area contributed by atoms with Crippen LogP contribution in [-0.4, -0.2) is 22.8 Å². The molecule has 1 aromatic carbocycles. The molecule has 0 aliphatic carbocycles. The summed E-state index contributed by atoms with van der Waals surface area (Å²) in [5, 5.41) is 0. The van der Waals surface area contributed by atoms with Crippen molar-refractivity contribution in [1.82, 2.24) is 4.90 Å². The molecule has 24 heavy (non-hydrogen) atoms. The van der Waals surface area contributed by atoms with E-state index in [9.17, 15) is 9.59 Å². The van der Waals surface area contributed by atoms with Crippen molar-refractivity contribution in [3.05, 3.63) is 60.7 Å². The molecular weight excluding hydrogens is 298 g/mol. The Balaban J connectivity index is 2.07. The van der Waals surface area contributed by atoms with Crippen molar-refractivity contribution in [3.8, 4) is 0 Å². The van der Waals surface area contributed by atoms with E-state index in [4.69, 9.17) is 0 Å². The van der Waals surface area contributed by atoms with Crippen molar-refractivity contribution in [2.75, 3.05) is 0 Å². The zero-order valence-corrected chi connectivity index (χ0v) is 14.4. The summed E-state index contributed by atoms with van der Waals surface area (Å²) >= 11 is 0. The molecule has 0 spiro atoms. The minimum Gasteiger partial charge on any atom is -0.271 e. The number of nitrogens with zero attached hydrogens (tertiary/aromatic N) is 1. The molecule has 0 radical (unpaired) electrons. The first-order valence-electron chi connectivity index (χ1n) is 8.89. The number of rotatable bonds is 11. The van der Waals surface area contributed by atoms with Crippen LogP contribution in [0.25, 0.3) is 0 Å². The summed E-state index contributed by atoms with van der Waals surface area (Å²) in [6.45, 7) is 7.50. The second-order valence-corrected chi connectivity index (χ2v) is 6.33. The van der Waals surface area contributed by atoms with E-state index < -0.39 is 0 Å². The Hall–Kier alpha value is -2.16. The first kappa shape index (κ1) is 18.2. The molecule has 0 saturated heterocycles. The number of amides is 2. The Kier molecular flexibility index (Phi) is 6.98. The lowest BCUT2D eigenvalue weighted by Crippen LogP contribution is -2.39. The van der Waals surface area contributed by atoms with Crippen LogP contribution in [0.3, 0.4) is 0 Å². The molecule has 2 amide bonds. The number of fused-ring (bicyclic) bond motifs is 1. The van der Waals surface area contributed by atoms with Gasteiger partial charge in [0.1, 0.15) is 0 Å². The molecule has 0 atom stereocenters. The molecule has 0 bridgehead atoms. The fourth-order valence-electron chi connectivity index (χ4n) is 3.28. The Morgan fingerprint density at radius 2 is 1.29 bits per heavy atom. The third-order valence-corrected chi connectivity index (χ3v) is 4.58. The van der Waals surface area contributed by atoms with Crippen LogP contribution in [-0.2, 0) is 0 Å². The lowest BCUT2D eigenvalue weighted by Gasteiger charge is -2.26.